The van der Waals surface area contributed by atoms with Crippen molar-refractivity contribution in [2.75, 3.05) is 24.2 Å². The number of nitrogens with one attached hydrogen (secondary N) is 1. The maximum absolute atomic E-state index is 11.6. The van der Waals surface area contributed by atoms with Gasteiger partial charge in [0.15, 0.2) is 0 Å². The number of carbonyl (C=O) groups excluding carboxylic acids is 1. The summed E-state index contributed by atoms with van der Waals surface area (Å²) < 4.78 is 0. The first-order valence-electron chi connectivity index (χ1n) is 5.93. The molecule has 0 unspecified atom stereocenters. The summed E-state index contributed by atoms with van der Waals surface area (Å²) in [6.07, 6.45) is 2.24. The van der Waals surface area contributed by atoms with E-state index in [0.717, 1.165) is 29.8 Å². The molecule has 2 rings (SSSR count). The van der Waals surface area contributed by atoms with Crippen LogP contribution in [0, 0.1) is 6.92 Å². The van der Waals surface area contributed by atoms with Crippen LogP contribution in [0.3, 0.4) is 0 Å². The van der Waals surface area contributed by atoms with Gasteiger partial charge in [-0.25, -0.2) is 0 Å². The maximum Gasteiger partial charge on any atom is 0.239 e. The monoisotopic (exact) mass is 233 g/mol. The van der Waals surface area contributed by atoms with Crippen molar-refractivity contribution in [2.45, 2.75) is 25.8 Å². The first kappa shape index (κ1) is 11.8. The number of anilines is 2. The molecule has 0 radical (unpaired) electrons. The van der Waals surface area contributed by atoms with Crippen LogP contribution in [0.1, 0.15) is 18.4 Å². The summed E-state index contributed by atoms with van der Waals surface area (Å²) >= 11 is 0. The molecule has 0 atom stereocenters. The Hall–Kier alpha value is -1.71. The number of nitrogens with zero attached hydrogens (tertiary/aromatic N) is 1. The van der Waals surface area contributed by atoms with Gasteiger partial charge in [-0.15, -0.1) is 0 Å². The van der Waals surface area contributed by atoms with Gasteiger partial charge in [-0.05, 0) is 37.5 Å². The van der Waals surface area contributed by atoms with Crippen LogP contribution in [0.4, 0.5) is 11.4 Å². The van der Waals surface area contributed by atoms with Crippen LogP contribution in [-0.4, -0.2) is 25.5 Å². The van der Waals surface area contributed by atoms with Crippen LogP contribution < -0.4 is 16.0 Å². The van der Waals surface area contributed by atoms with Crippen molar-refractivity contribution < 1.29 is 4.79 Å². The van der Waals surface area contributed by atoms with Gasteiger partial charge in [0.2, 0.25) is 5.91 Å². The molecular formula is C13H19N3O. The Balaban J connectivity index is 1.95. The highest BCUT2D eigenvalue weighted by atomic mass is 16.2. The van der Waals surface area contributed by atoms with E-state index in [1.807, 2.05) is 37.1 Å². The normalized spacial score (nSPS) is 14.5. The Labute approximate surface area is 102 Å². The number of aryl methyl sites for hydroxylation is 1. The Bertz CT molecular complexity index is 427. The van der Waals surface area contributed by atoms with E-state index in [-0.39, 0.29) is 5.91 Å². The molecule has 1 aromatic carbocycles. The summed E-state index contributed by atoms with van der Waals surface area (Å²) in [5.74, 6) is 0.0779. The smallest absolute Gasteiger partial charge is 0.239 e. The van der Waals surface area contributed by atoms with Crippen LogP contribution >= 0.6 is 0 Å². The molecule has 1 aromatic rings. The van der Waals surface area contributed by atoms with Crippen LogP contribution in [0.5, 0.6) is 0 Å². The van der Waals surface area contributed by atoms with Gasteiger partial charge in [-0.2, -0.15) is 0 Å². The molecule has 3 N–H and O–H groups in total. The molecule has 4 heteroatoms. The number of nitrogen functional groups attached to an aromatic ring is 1. The highest BCUT2D eigenvalue weighted by Gasteiger charge is 2.23. The van der Waals surface area contributed by atoms with Crippen molar-refractivity contribution in [3.05, 3.63) is 23.8 Å². The fourth-order valence-electron chi connectivity index (χ4n) is 1.67. The zero-order valence-electron chi connectivity index (χ0n) is 10.4. The van der Waals surface area contributed by atoms with Crippen molar-refractivity contribution in [1.29, 1.82) is 0 Å². The van der Waals surface area contributed by atoms with E-state index in [2.05, 4.69) is 5.32 Å². The second kappa shape index (κ2) is 4.65. The van der Waals surface area contributed by atoms with Crippen molar-refractivity contribution in [3.8, 4) is 0 Å². The second-order valence-electron chi connectivity index (χ2n) is 4.74. The molecule has 1 fully saturated rings. The van der Waals surface area contributed by atoms with Gasteiger partial charge in [0.05, 0.1) is 6.54 Å². The quantitative estimate of drug-likeness (QED) is 0.770. The first-order chi connectivity index (χ1) is 8.06. The molecule has 92 valence electrons. The highest BCUT2D eigenvalue weighted by Crippen LogP contribution is 2.21. The van der Waals surface area contributed by atoms with Crippen molar-refractivity contribution in [2.24, 2.45) is 0 Å². The van der Waals surface area contributed by atoms with Gasteiger partial charge in [-0.3, -0.25) is 4.79 Å². The molecule has 0 aromatic heterocycles. The lowest BCUT2D eigenvalue weighted by Gasteiger charge is -2.19. The minimum Gasteiger partial charge on any atom is -0.398 e. The third-order valence-corrected chi connectivity index (χ3v) is 3.03. The van der Waals surface area contributed by atoms with E-state index >= 15 is 0 Å². The molecule has 1 amide bonds. The minimum absolute atomic E-state index is 0.0779. The molecular weight excluding hydrogens is 214 g/mol. The number of rotatable bonds is 4. The molecule has 0 bridgehead atoms. The molecule has 0 saturated heterocycles. The SMILES string of the molecule is Cc1ccc(N(C)CC(=O)NC2CC2)cc1N. The standard InChI is InChI=1S/C13H19N3O/c1-9-3-6-11(7-12(9)14)16(2)8-13(17)15-10-4-5-10/h3,6-7,10H,4-5,8,14H2,1-2H3,(H,15,17). The van der Waals surface area contributed by atoms with Gasteiger partial charge in [0, 0.05) is 24.5 Å². The number of nitrogens with two attached hydrogens (primary N) is 1. The van der Waals surface area contributed by atoms with Gasteiger partial charge < -0.3 is 16.0 Å². The number of amides is 1. The van der Waals surface area contributed by atoms with Gasteiger partial charge in [-0.1, -0.05) is 6.07 Å². The van der Waals surface area contributed by atoms with Crippen LogP contribution in [0.25, 0.3) is 0 Å². The van der Waals surface area contributed by atoms with E-state index in [1.54, 1.807) is 0 Å². The van der Waals surface area contributed by atoms with Gasteiger partial charge in [0.1, 0.15) is 0 Å². The summed E-state index contributed by atoms with van der Waals surface area (Å²) in [7, 11) is 1.90. The second-order valence-corrected chi connectivity index (χ2v) is 4.74. The molecule has 1 aliphatic carbocycles. The lowest BCUT2D eigenvalue weighted by Crippen LogP contribution is -2.36. The van der Waals surface area contributed by atoms with Crippen molar-refractivity contribution in [1.82, 2.24) is 5.32 Å². The fourth-order valence-corrected chi connectivity index (χ4v) is 1.67. The maximum atomic E-state index is 11.6. The fraction of sp³-hybridized carbons (Fsp3) is 0.462. The average Bonchev–Trinajstić information content (AvgIpc) is 3.05. The molecule has 1 aliphatic rings. The van der Waals surface area contributed by atoms with E-state index in [0.29, 0.717) is 12.6 Å². The van der Waals surface area contributed by atoms with Gasteiger partial charge >= 0.3 is 0 Å². The summed E-state index contributed by atoms with van der Waals surface area (Å²) in [6.45, 7) is 2.35. The lowest BCUT2D eigenvalue weighted by molar-refractivity contribution is -0.119. The summed E-state index contributed by atoms with van der Waals surface area (Å²) in [6, 6.07) is 6.27. The molecule has 0 aliphatic heterocycles. The number of hydrogen-bond acceptors (Lipinski definition) is 3. The lowest BCUT2D eigenvalue weighted by atomic mass is 10.2. The molecule has 0 spiro atoms. The Morgan fingerprint density at radius 2 is 2.24 bits per heavy atom. The minimum atomic E-state index is 0.0779. The zero-order valence-corrected chi connectivity index (χ0v) is 10.4. The van der Waals surface area contributed by atoms with Gasteiger partial charge in [0.25, 0.3) is 0 Å². The van der Waals surface area contributed by atoms with Crippen molar-refractivity contribution in [3.63, 3.8) is 0 Å². The third-order valence-electron chi connectivity index (χ3n) is 3.03. The van der Waals surface area contributed by atoms with Crippen molar-refractivity contribution >= 4 is 17.3 Å². The first-order valence-corrected chi connectivity index (χ1v) is 5.93. The van der Waals surface area contributed by atoms with Crippen LogP contribution in [0.15, 0.2) is 18.2 Å². The van der Waals surface area contributed by atoms with E-state index in [4.69, 9.17) is 5.73 Å². The summed E-state index contributed by atoms with van der Waals surface area (Å²) in [5.41, 5.74) is 8.64. The molecule has 1 saturated carbocycles. The van der Waals surface area contributed by atoms with E-state index in [1.165, 1.54) is 0 Å². The van der Waals surface area contributed by atoms with Crippen LogP contribution in [0.2, 0.25) is 0 Å². The number of benzene rings is 1. The highest BCUT2D eigenvalue weighted by molar-refractivity contribution is 5.82. The third kappa shape index (κ3) is 3.12. The Morgan fingerprint density at radius 1 is 1.53 bits per heavy atom. The van der Waals surface area contributed by atoms with E-state index < -0.39 is 0 Å². The summed E-state index contributed by atoms with van der Waals surface area (Å²) in [4.78, 5) is 13.6. The zero-order chi connectivity index (χ0) is 12.4. The van der Waals surface area contributed by atoms with E-state index in [9.17, 15) is 4.79 Å². The topological polar surface area (TPSA) is 58.4 Å². The van der Waals surface area contributed by atoms with Crippen LogP contribution in [-0.2, 0) is 4.79 Å². The number of likely N-dealkylation sites (N-methyl/N-ethyl adjacent to an activating group) is 1. The number of carbonyl (C=O) groups is 1. The average molecular weight is 233 g/mol. The largest absolute Gasteiger partial charge is 0.398 e. The molecule has 0 heterocycles. The number of hydrogen-bond donors (Lipinski definition) is 2. The predicted octanol–water partition coefficient (Wildman–Crippen LogP) is 1.29. The molecule has 17 heavy (non-hydrogen) atoms. The molecule has 4 nitrogen and oxygen atoms in total. The predicted molar refractivity (Wildman–Crippen MR) is 70.0 cm³/mol. The Morgan fingerprint density at radius 3 is 2.82 bits per heavy atom. The summed E-state index contributed by atoms with van der Waals surface area (Å²) in [5, 5.41) is 2.97. The Kier molecular flexibility index (Phi) is 3.22.